The lowest BCUT2D eigenvalue weighted by Gasteiger charge is -2.34. The topological polar surface area (TPSA) is 0 Å². The predicted molar refractivity (Wildman–Crippen MR) is 337 cm³/mol. The van der Waals surface area contributed by atoms with E-state index < -0.39 is 0 Å². The third kappa shape index (κ3) is 12.4. The zero-order valence-electron chi connectivity index (χ0n) is 49.9. The molecular weight excluding hydrogens is 925 g/mol. The van der Waals surface area contributed by atoms with Crippen molar-refractivity contribution in [2.75, 3.05) is 0 Å². The molecule has 0 aliphatic heterocycles. The number of benzene rings is 5. The van der Waals surface area contributed by atoms with Crippen LogP contribution in [0.2, 0.25) is 0 Å². The molecule has 402 valence electrons. The Bertz CT molecular complexity index is 3240. The minimum absolute atomic E-state index is 0.0294. The summed E-state index contributed by atoms with van der Waals surface area (Å²) in [6.45, 7) is 27.0. The van der Waals surface area contributed by atoms with Crippen LogP contribution >= 0.6 is 0 Å². The monoisotopic (exact) mass is 1020 g/mol. The quantitative estimate of drug-likeness (QED) is 0.168. The van der Waals surface area contributed by atoms with E-state index in [0.29, 0.717) is 17.8 Å². The molecule has 13 rings (SSSR count). The van der Waals surface area contributed by atoms with E-state index in [1.165, 1.54) is 168 Å². The summed E-state index contributed by atoms with van der Waals surface area (Å²) in [5, 5.41) is 2.78. The number of aryl methyl sites for hydroxylation is 6. The fourth-order valence-corrected chi connectivity index (χ4v) is 14.3. The fraction of sp³-hybridized carbons (Fsp3) is 0.429. The van der Waals surface area contributed by atoms with Gasteiger partial charge in [-0.2, -0.15) is 0 Å². The standard InChI is InChI=1S/C36H36.C17H22.C11H16.C11H14.C2H6/c1-22-17-26-9-5-6-11-28(26)29-15-13-24(20-32(22)29)19-25-14-16-31-33(21-25)36(3,4)34-18-23(2)27-10-7-8-12-30(27)35(31)34;1-12(2)15-7-5-6-8-17(15)16-10-9-13(3)11-14(16)4;2*1-9-6-7-10-4-2-3-5-11(10)8-9;1-2/h6-8,10-12,14-16,18,20-22,24H,5,9,13,17,19H2,1-4H3;6,8-12H,5,7H2,1-4H3;8H,2-7H2,1H3;6-8H,2-5H2,1H3;1-2H3. The van der Waals surface area contributed by atoms with Crippen molar-refractivity contribution in [2.24, 2.45) is 17.8 Å². The van der Waals surface area contributed by atoms with Gasteiger partial charge in [-0.1, -0.05) is 209 Å². The maximum atomic E-state index is 2.64. The van der Waals surface area contributed by atoms with Crippen molar-refractivity contribution < 1.29 is 0 Å². The second-order valence-corrected chi connectivity index (χ2v) is 24.8. The van der Waals surface area contributed by atoms with Gasteiger partial charge in [0.1, 0.15) is 0 Å². The summed E-state index contributed by atoms with van der Waals surface area (Å²) in [5.74, 6) is 1.89. The van der Waals surface area contributed by atoms with Crippen LogP contribution in [0, 0.1) is 45.4 Å². The Labute approximate surface area is 468 Å². The van der Waals surface area contributed by atoms with E-state index in [-0.39, 0.29) is 5.41 Å². The predicted octanol–water partition coefficient (Wildman–Crippen LogP) is 22.1. The molecule has 0 bridgehead atoms. The molecule has 8 aliphatic carbocycles. The van der Waals surface area contributed by atoms with E-state index in [1.807, 2.05) is 13.8 Å². The molecule has 0 N–H and O–H groups in total. The SMILES string of the molecule is CC.CC1=CC2=C(CCCC2)CC1.Cc1cc2c(c3ccccc13)-c1ccc(CC3C=C4C(=CC3)C3=C(CCC=C3)CC4C)cc1C2(C)C.Cc1ccc(C2=C(C(C)C)CCC=C2)c(C)c1.Cc1ccc2c(c1)CCCC2. The van der Waals surface area contributed by atoms with Gasteiger partial charge in [0, 0.05) is 5.41 Å². The Kier molecular flexibility index (Phi) is 18.1. The highest BCUT2D eigenvalue weighted by Crippen LogP contribution is 2.53. The summed E-state index contributed by atoms with van der Waals surface area (Å²) >= 11 is 0. The molecule has 0 amide bonds. The van der Waals surface area contributed by atoms with Crippen LogP contribution in [0.25, 0.3) is 27.5 Å². The zero-order chi connectivity index (χ0) is 54.4. The fourth-order valence-electron chi connectivity index (χ4n) is 14.3. The van der Waals surface area contributed by atoms with Gasteiger partial charge >= 0.3 is 0 Å². The van der Waals surface area contributed by atoms with Crippen LogP contribution in [0.4, 0.5) is 0 Å². The summed E-state index contributed by atoms with van der Waals surface area (Å²) in [4.78, 5) is 0. The molecule has 0 fully saturated rings. The summed E-state index contributed by atoms with van der Waals surface area (Å²) in [5.41, 5.74) is 32.0. The van der Waals surface area contributed by atoms with Crippen molar-refractivity contribution >= 4 is 16.3 Å². The summed E-state index contributed by atoms with van der Waals surface area (Å²) in [7, 11) is 0. The van der Waals surface area contributed by atoms with Crippen molar-refractivity contribution in [3.05, 3.63) is 228 Å². The molecule has 0 heterocycles. The second-order valence-electron chi connectivity index (χ2n) is 24.8. The molecule has 5 aromatic rings. The van der Waals surface area contributed by atoms with E-state index in [0.717, 1.165) is 12.8 Å². The molecule has 0 aromatic heterocycles. The van der Waals surface area contributed by atoms with Gasteiger partial charge < -0.3 is 0 Å². The molecule has 0 saturated carbocycles. The van der Waals surface area contributed by atoms with E-state index >= 15 is 0 Å². The van der Waals surface area contributed by atoms with Crippen LogP contribution in [-0.4, -0.2) is 0 Å². The molecular formula is C77H94. The first-order valence-electron chi connectivity index (χ1n) is 30.6. The maximum absolute atomic E-state index is 2.64. The van der Waals surface area contributed by atoms with Crippen molar-refractivity contribution in [1.29, 1.82) is 0 Å². The summed E-state index contributed by atoms with van der Waals surface area (Å²) < 4.78 is 0. The average molecular weight is 1020 g/mol. The van der Waals surface area contributed by atoms with Crippen LogP contribution in [0.5, 0.6) is 0 Å². The van der Waals surface area contributed by atoms with Gasteiger partial charge in [-0.05, 0) is 256 Å². The minimum Gasteiger partial charge on any atom is -0.0836 e. The van der Waals surface area contributed by atoms with Gasteiger partial charge in [-0.3, -0.25) is 0 Å². The molecule has 77 heavy (non-hydrogen) atoms. The van der Waals surface area contributed by atoms with E-state index in [4.69, 9.17) is 0 Å². The third-order valence-corrected chi connectivity index (χ3v) is 18.4. The maximum Gasteiger partial charge on any atom is 0.0159 e. The largest absolute Gasteiger partial charge is 0.0836 e. The van der Waals surface area contributed by atoms with Crippen LogP contribution in [0.15, 0.2) is 172 Å². The third-order valence-electron chi connectivity index (χ3n) is 18.4. The lowest BCUT2D eigenvalue weighted by atomic mass is 9.70. The second kappa shape index (κ2) is 24.9. The molecule has 5 aromatic carbocycles. The van der Waals surface area contributed by atoms with E-state index in [2.05, 4.69) is 197 Å². The first-order chi connectivity index (χ1) is 37.2. The van der Waals surface area contributed by atoms with Crippen LogP contribution in [-0.2, 0) is 24.7 Å². The molecule has 0 heteroatoms. The van der Waals surface area contributed by atoms with Gasteiger partial charge in [0.25, 0.3) is 0 Å². The first-order valence-corrected chi connectivity index (χ1v) is 30.6. The summed E-state index contributed by atoms with van der Waals surface area (Å²) in [6.07, 6.45) is 39.1. The Hall–Kier alpha value is -5.72. The van der Waals surface area contributed by atoms with Gasteiger partial charge in [-0.25, -0.2) is 0 Å². The molecule has 0 spiro atoms. The van der Waals surface area contributed by atoms with Crippen molar-refractivity contribution in [3.63, 3.8) is 0 Å². The molecule has 0 saturated heterocycles. The number of hydrogen-bond acceptors (Lipinski definition) is 0. The molecule has 2 unspecified atom stereocenters. The van der Waals surface area contributed by atoms with E-state index in [9.17, 15) is 0 Å². The van der Waals surface area contributed by atoms with Gasteiger partial charge in [0.2, 0.25) is 0 Å². The Morgan fingerprint density at radius 3 is 2.06 bits per heavy atom. The van der Waals surface area contributed by atoms with Gasteiger partial charge in [-0.15, -0.1) is 0 Å². The molecule has 2 atom stereocenters. The highest BCUT2D eigenvalue weighted by Gasteiger charge is 2.37. The molecule has 8 aliphatic rings. The Morgan fingerprint density at radius 2 is 1.29 bits per heavy atom. The molecule has 0 nitrogen and oxygen atoms in total. The molecule has 0 radical (unpaired) electrons. The Morgan fingerprint density at radius 1 is 0.597 bits per heavy atom. The average Bonchev–Trinajstić information content (AvgIpc) is 3.68. The van der Waals surface area contributed by atoms with Crippen molar-refractivity contribution in [3.8, 4) is 11.1 Å². The van der Waals surface area contributed by atoms with Crippen LogP contribution in [0.3, 0.4) is 0 Å². The van der Waals surface area contributed by atoms with Crippen molar-refractivity contribution in [1.82, 2.24) is 0 Å². The van der Waals surface area contributed by atoms with E-state index in [1.54, 1.807) is 55.7 Å². The number of rotatable bonds is 4. The highest BCUT2D eigenvalue weighted by atomic mass is 14.4. The van der Waals surface area contributed by atoms with Crippen LogP contribution in [0.1, 0.15) is 201 Å². The van der Waals surface area contributed by atoms with Crippen molar-refractivity contribution in [2.45, 2.75) is 198 Å². The number of allylic oxidation sites excluding steroid dienone is 16. The smallest absolute Gasteiger partial charge is 0.0159 e. The first kappa shape index (κ1) is 56.0. The minimum atomic E-state index is 0.0294. The Balaban J connectivity index is 0.000000145. The lowest BCUT2D eigenvalue weighted by Crippen LogP contribution is -2.19. The number of hydrogen-bond donors (Lipinski definition) is 0. The van der Waals surface area contributed by atoms with Gasteiger partial charge in [0.05, 0.1) is 0 Å². The normalized spacial score (nSPS) is 20.4. The zero-order valence-corrected chi connectivity index (χ0v) is 49.9. The summed E-state index contributed by atoms with van der Waals surface area (Å²) in [6, 6.07) is 32.4. The van der Waals surface area contributed by atoms with Gasteiger partial charge in [0.15, 0.2) is 0 Å². The van der Waals surface area contributed by atoms with Crippen LogP contribution < -0.4 is 0 Å². The highest BCUT2D eigenvalue weighted by molar-refractivity contribution is 6.03. The number of fused-ring (bicyclic) bond motifs is 8. The lowest BCUT2D eigenvalue weighted by molar-refractivity contribution is 0.582.